The van der Waals surface area contributed by atoms with E-state index < -0.39 is 0 Å². The van der Waals surface area contributed by atoms with Gasteiger partial charge in [0.25, 0.3) is 0 Å². The van der Waals surface area contributed by atoms with Crippen LogP contribution in [0.25, 0.3) is 0 Å². The second kappa shape index (κ2) is 5.21. The van der Waals surface area contributed by atoms with Crippen LogP contribution in [0.2, 0.25) is 0 Å². The quantitative estimate of drug-likeness (QED) is 0.509. The molecule has 0 bridgehead atoms. The number of nitrogens with one attached hydrogen (secondary N) is 1. The lowest BCUT2D eigenvalue weighted by Gasteiger charge is -2.06. The van der Waals surface area contributed by atoms with Gasteiger partial charge in [0, 0.05) is 15.8 Å². The molecule has 0 saturated carbocycles. The zero-order valence-electron chi connectivity index (χ0n) is 7.19. The van der Waals surface area contributed by atoms with Crippen LogP contribution in [-0.4, -0.2) is 6.54 Å². The van der Waals surface area contributed by atoms with E-state index in [1.807, 2.05) is 6.08 Å². The van der Waals surface area contributed by atoms with E-state index in [-0.39, 0.29) is 5.82 Å². The van der Waals surface area contributed by atoms with Gasteiger partial charge in [-0.3, -0.25) is 0 Å². The average molecular weight is 291 g/mol. The van der Waals surface area contributed by atoms with E-state index in [9.17, 15) is 4.39 Å². The van der Waals surface area contributed by atoms with E-state index in [0.717, 1.165) is 22.2 Å². The van der Waals surface area contributed by atoms with Gasteiger partial charge in [0.05, 0.1) is 0 Å². The molecule has 1 aromatic rings. The van der Waals surface area contributed by atoms with Crippen LogP contribution in [-0.2, 0) is 0 Å². The van der Waals surface area contributed by atoms with Crippen molar-refractivity contribution in [1.29, 1.82) is 0 Å². The van der Waals surface area contributed by atoms with Crippen LogP contribution < -0.4 is 5.32 Å². The number of hydrogen-bond donors (Lipinski definition) is 1. The lowest BCUT2D eigenvalue weighted by atomic mass is 10.3. The van der Waals surface area contributed by atoms with Gasteiger partial charge < -0.3 is 5.32 Å². The van der Waals surface area contributed by atoms with E-state index in [1.54, 1.807) is 6.07 Å². The van der Waals surface area contributed by atoms with Crippen molar-refractivity contribution >= 4 is 28.3 Å². The fourth-order valence-corrected chi connectivity index (χ4v) is 1.61. The monoisotopic (exact) mass is 291 g/mol. The Kier molecular flexibility index (Phi) is 4.21. The molecule has 13 heavy (non-hydrogen) atoms. The summed E-state index contributed by atoms with van der Waals surface area (Å²) in [6, 6.07) is 4.72. The number of hydrogen-bond acceptors (Lipinski definition) is 1. The standard InChI is InChI=1S/C10H11FIN/c1-2-3-6-13-10-5-4-8(11)7-9(10)12/h2,4-5,7,13H,1,3,6H2. The summed E-state index contributed by atoms with van der Waals surface area (Å²) >= 11 is 2.11. The van der Waals surface area contributed by atoms with E-state index in [2.05, 4.69) is 34.5 Å². The van der Waals surface area contributed by atoms with Gasteiger partial charge in [0.15, 0.2) is 0 Å². The van der Waals surface area contributed by atoms with Gasteiger partial charge in [0.1, 0.15) is 5.82 Å². The Labute approximate surface area is 91.2 Å². The summed E-state index contributed by atoms with van der Waals surface area (Å²) in [5.74, 6) is -0.196. The minimum absolute atomic E-state index is 0.196. The number of benzene rings is 1. The van der Waals surface area contributed by atoms with Crippen molar-refractivity contribution in [2.45, 2.75) is 6.42 Å². The predicted molar refractivity (Wildman–Crippen MR) is 62.4 cm³/mol. The van der Waals surface area contributed by atoms with Crippen LogP contribution in [0.5, 0.6) is 0 Å². The highest BCUT2D eigenvalue weighted by Crippen LogP contribution is 2.18. The zero-order valence-corrected chi connectivity index (χ0v) is 9.34. The highest BCUT2D eigenvalue weighted by Gasteiger charge is 1.99. The largest absolute Gasteiger partial charge is 0.384 e. The maximum atomic E-state index is 12.7. The minimum Gasteiger partial charge on any atom is -0.384 e. The third-order valence-corrected chi connectivity index (χ3v) is 2.49. The van der Waals surface area contributed by atoms with E-state index in [4.69, 9.17) is 0 Å². The normalized spacial score (nSPS) is 9.69. The van der Waals surface area contributed by atoms with Crippen molar-refractivity contribution in [2.24, 2.45) is 0 Å². The molecule has 0 fully saturated rings. The molecular formula is C10H11FIN. The average Bonchev–Trinajstić information content (AvgIpc) is 2.09. The molecule has 1 rings (SSSR count). The summed E-state index contributed by atoms with van der Waals surface area (Å²) in [5, 5.41) is 3.20. The van der Waals surface area contributed by atoms with Crippen molar-refractivity contribution in [3.05, 3.63) is 40.2 Å². The summed E-state index contributed by atoms with van der Waals surface area (Å²) < 4.78 is 13.6. The predicted octanol–water partition coefficient (Wildman–Crippen LogP) is 3.42. The first-order chi connectivity index (χ1) is 6.24. The molecule has 0 aliphatic carbocycles. The van der Waals surface area contributed by atoms with Crippen molar-refractivity contribution in [3.8, 4) is 0 Å². The molecule has 0 aliphatic rings. The molecule has 1 nitrogen and oxygen atoms in total. The molecule has 0 spiro atoms. The van der Waals surface area contributed by atoms with Crippen LogP contribution in [0.1, 0.15) is 6.42 Å². The minimum atomic E-state index is -0.196. The molecule has 3 heteroatoms. The van der Waals surface area contributed by atoms with Gasteiger partial charge in [0.2, 0.25) is 0 Å². The zero-order chi connectivity index (χ0) is 9.68. The Hall–Kier alpha value is -0.580. The maximum absolute atomic E-state index is 12.7. The third kappa shape index (κ3) is 3.34. The number of halogens is 2. The topological polar surface area (TPSA) is 12.0 Å². The highest BCUT2D eigenvalue weighted by atomic mass is 127. The molecule has 0 unspecified atom stereocenters. The SMILES string of the molecule is C=CCCNc1ccc(F)cc1I. The van der Waals surface area contributed by atoms with Crippen molar-refractivity contribution in [3.63, 3.8) is 0 Å². The van der Waals surface area contributed by atoms with Crippen LogP contribution in [0.3, 0.4) is 0 Å². The molecule has 0 heterocycles. The first-order valence-corrected chi connectivity index (χ1v) is 5.11. The molecule has 0 saturated heterocycles. The Morgan fingerprint density at radius 2 is 2.31 bits per heavy atom. The Morgan fingerprint density at radius 3 is 2.92 bits per heavy atom. The first-order valence-electron chi connectivity index (χ1n) is 4.04. The molecule has 0 amide bonds. The van der Waals surface area contributed by atoms with Gasteiger partial charge in [-0.25, -0.2) is 4.39 Å². The van der Waals surface area contributed by atoms with Gasteiger partial charge >= 0.3 is 0 Å². The summed E-state index contributed by atoms with van der Waals surface area (Å²) in [6.07, 6.45) is 2.76. The number of rotatable bonds is 4. The van der Waals surface area contributed by atoms with Crippen molar-refractivity contribution < 1.29 is 4.39 Å². The molecule has 0 aliphatic heterocycles. The van der Waals surface area contributed by atoms with Crippen LogP contribution >= 0.6 is 22.6 Å². The fourth-order valence-electron chi connectivity index (χ4n) is 0.942. The van der Waals surface area contributed by atoms with Crippen molar-refractivity contribution in [2.75, 3.05) is 11.9 Å². The molecule has 0 aromatic heterocycles. The highest BCUT2D eigenvalue weighted by molar-refractivity contribution is 14.1. The Morgan fingerprint density at radius 1 is 1.54 bits per heavy atom. The summed E-state index contributed by atoms with van der Waals surface area (Å²) in [5.41, 5.74) is 0.976. The van der Waals surface area contributed by atoms with Crippen molar-refractivity contribution in [1.82, 2.24) is 0 Å². The van der Waals surface area contributed by atoms with Gasteiger partial charge in [-0.15, -0.1) is 6.58 Å². The summed E-state index contributed by atoms with van der Waals surface area (Å²) in [7, 11) is 0. The molecule has 0 atom stereocenters. The van der Waals surface area contributed by atoms with Crippen LogP contribution in [0.15, 0.2) is 30.9 Å². The molecule has 1 N–H and O–H groups in total. The Bertz CT molecular complexity index is 299. The smallest absolute Gasteiger partial charge is 0.124 e. The van der Waals surface area contributed by atoms with E-state index in [1.165, 1.54) is 12.1 Å². The van der Waals surface area contributed by atoms with Gasteiger partial charge in [-0.2, -0.15) is 0 Å². The number of anilines is 1. The van der Waals surface area contributed by atoms with E-state index >= 15 is 0 Å². The van der Waals surface area contributed by atoms with Gasteiger partial charge in [-0.1, -0.05) is 6.08 Å². The van der Waals surface area contributed by atoms with E-state index in [0.29, 0.717) is 0 Å². The van der Waals surface area contributed by atoms with Crippen LogP contribution in [0.4, 0.5) is 10.1 Å². The first kappa shape index (κ1) is 10.5. The van der Waals surface area contributed by atoms with Gasteiger partial charge in [-0.05, 0) is 47.2 Å². The lowest BCUT2D eigenvalue weighted by Crippen LogP contribution is -2.01. The summed E-state index contributed by atoms with van der Waals surface area (Å²) in [6.45, 7) is 4.46. The summed E-state index contributed by atoms with van der Waals surface area (Å²) in [4.78, 5) is 0. The molecular weight excluding hydrogens is 280 g/mol. The second-order valence-electron chi connectivity index (χ2n) is 2.63. The second-order valence-corrected chi connectivity index (χ2v) is 3.79. The molecule has 70 valence electrons. The maximum Gasteiger partial charge on any atom is 0.124 e. The third-order valence-electron chi connectivity index (χ3n) is 1.60. The molecule has 1 aromatic carbocycles. The Balaban J connectivity index is 2.61. The molecule has 0 radical (unpaired) electrons. The fraction of sp³-hybridized carbons (Fsp3) is 0.200. The lowest BCUT2D eigenvalue weighted by molar-refractivity contribution is 0.627. The van der Waals surface area contributed by atoms with Crippen LogP contribution in [0, 0.1) is 9.39 Å².